The van der Waals surface area contributed by atoms with E-state index in [1.807, 2.05) is 11.8 Å². The lowest BCUT2D eigenvalue weighted by Crippen LogP contribution is -2.61. The smallest absolute Gasteiger partial charge is 0.249 e. The van der Waals surface area contributed by atoms with E-state index in [9.17, 15) is 19.5 Å². The second-order valence-electron chi connectivity index (χ2n) is 13.8. The summed E-state index contributed by atoms with van der Waals surface area (Å²) in [4.78, 5) is 47.9. The molecule has 3 aliphatic rings. The fourth-order valence-corrected chi connectivity index (χ4v) is 7.72. The van der Waals surface area contributed by atoms with E-state index in [2.05, 4.69) is 47.8 Å². The van der Waals surface area contributed by atoms with Gasteiger partial charge in [-0.3, -0.25) is 14.4 Å². The number of aliphatic hydroxyl groups is 1. The van der Waals surface area contributed by atoms with Crippen molar-refractivity contribution in [3.05, 3.63) is 25.3 Å². The van der Waals surface area contributed by atoms with Crippen LogP contribution in [-0.4, -0.2) is 93.6 Å². The number of unbranched alkanes of at least 4 members (excludes halogenated alkanes) is 2. The highest BCUT2D eigenvalue weighted by atomic mass is 16.5. The average molecular weight is 546 g/mol. The summed E-state index contributed by atoms with van der Waals surface area (Å²) in [6, 6.07) is -0.812. The number of rotatable bonds is 13. The molecule has 1 N–H and O–H groups in total. The Morgan fingerprint density at radius 2 is 1.72 bits per heavy atom. The van der Waals surface area contributed by atoms with Gasteiger partial charge < -0.3 is 24.5 Å². The molecule has 1 spiro atoms. The summed E-state index contributed by atoms with van der Waals surface area (Å²) in [7, 11) is 1.72. The largest absolute Gasteiger partial charge is 0.396 e. The number of amides is 3. The Morgan fingerprint density at radius 1 is 1.08 bits per heavy atom. The standard InChI is InChI=1S/C31H51N3O5/c1-10-17-32(9)25(36)22-23-26(37)33(19-13-12-14-20-35)24(31(23)16-15-30(22,8)39-31)27(38)34(18-11-2)29(6,7)21-28(3,4)5/h10-11,22-24,35H,1-2,12-21H2,3-9H3/t22-,23+,24?,30+,31?/m1/s1. The van der Waals surface area contributed by atoms with E-state index in [-0.39, 0.29) is 29.7 Å². The maximum absolute atomic E-state index is 14.7. The van der Waals surface area contributed by atoms with Gasteiger partial charge in [0.2, 0.25) is 17.7 Å². The molecule has 5 atom stereocenters. The Kier molecular flexibility index (Phi) is 9.13. The molecule has 0 saturated carbocycles. The van der Waals surface area contributed by atoms with Crippen molar-refractivity contribution in [2.75, 3.05) is 33.3 Å². The molecule has 0 radical (unpaired) electrons. The summed E-state index contributed by atoms with van der Waals surface area (Å²) in [5.74, 6) is -1.81. The number of hydrogen-bond donors (Lipinski definition) is 1. The predicted molar refractivity (Wildman–Crippen MR) is 153 cm³/mol. The second-order valence-corrected chi connectivity index (χ2v) is 13.8. The van der Waals surface area contributed by atoms with Gasteiger partial charge in [0.25, 0.3) is 0 Å². The van der Waals surface area contributed by atoms with Crippen molar-refractivity contribution >= 4 is 17.7 Å². The van der Waals surface area contributed by atoms with Gasteiger partial charge in [0.15, 0.2) is 0 Å². The van der Waals surface area contributed by atoms with Crippen molar-refractivity contribution in [3.63, 3.8) is 0 Å². The lowest BCUT2D eigenvalue weighted by molar-refractivity contribution is -0.156. The molecule has 0 aromatic rings. The van der Waals surface area contributed by atoms with Crippen LogP contribution in [0, 0.1) is 17.3 Å². The number of hydrogen-bond acceptors (Lipinski definition) is 5. The molecular weight excluding hydrogens is 494 g/mol. The molecule has 0 aromatic carbocycles. The van der Waals surface area contributed by atoms with Crippen LogP contribution in [0.25, 0.3) is 0 Å². The van der Waals surface area contributed by atoms with E-state index in [1.165, 1.54) is 0 Å². The molecule has 3 rings (SSSR count). The van der Waals surface area contributed by atoms with Crippen LogP contribution in [0.2, 0.25) is 0 Å². The maximum Gasteiger partial charge on any atom is 0.249 e. The number of nitrogens with zero attached hydrogens (tertiary/aromatic N) is 3. The Balaban J connectivity index is 2.08. The Bertz CT molecular complexity index is 972. The van der Waals surface area contributed by atoms with Crippen LogP contribution in [0.1, 0.15) is 80.1 Å². The number of carbonyl (C=O) groups excluding carboxylic acids is 3. The zero-order chi connectivity index (χ0) is 29.4. The van der Waals surface area contributed by atoms with Gasteiger partial charge >= 0.3 is 0 Å². The fourth-order valence-electron chi connectivity index (χ4n) is 7.72. The molecule has 3 fully saturated rings. The lowest BCUT2D eigenvalue weighted by Gasteiger charge is -2.45. The third kappa shape index (κ3) is 5.69. The minimum absolute atomic E-state index is 0.0253. The fraction of sp³-hybridized carbons (Fsp3) is 0.774. The number of likely N-dealkylation sites (N-methyl/N-ethyl adjacent to an activating group) is 1. The highest BCUT2D eigenvalue weighted by Gasteiger charge is 2.78. The quantitative estimate of drug-likeness (QED) is 0.281. The summed E-state index contributed by atoms with van der Waals surface area (Å²) in [5.41, 5.74) is -2.38. The predicted octanol–water partition coefficient (Wildman–Crippen LogP) is 3.79. The van der Waals surface area contributed by atoms with Crippen molar-refractivity contribution in [2.45, 2.75) is 103 Å². The van der Waals surface area contributed by atoms with Crippen molar-refractivity contribution in [1.82, 2.24) is 14.7 Å². The van der Waals surface area contributed by atoms with Gasteiger partial charge in [0.1, 0.15) is 11.6 Å². The molecule has 0 aromatic heterocycles. The molecule has 2 bridgehead atoms. The SMILES string of the molecule is C=CCN(C)C(=O)[C@H]1[C@H]2C(=O)N(CCCCCO)C(C(=O)N(CC=C)C(C)(C)CC(C)(C)C)C23CC[C@]1(C)O3. The third-order valence-corrected chi connectivity index (χ3v) is 8.88. The van der Waals surface area contributed by atoms with Crippen LogP contribution >= 0.6 is 0 Å². The number of carbonyl (C=O) groups is 3. The molecule has 39 heavy (non-hydrogen) atoms. The van der Waals surface area contributed by atoms with Crippen LogP contribution in [0.4, 0.5) is 0 Å². The zero-order valence-corrected chi connectivity index (χ0v) is 25.3. The molecular formula is C31H51N3O5. The van der Waals surface area contributed by atoms with Crippen molar-refractivity contribution < 1.29 is 24.2 Å². The van der Waals surface area contributed by atoms with Gasteiger partial charge in [-0.05, 0) is 64.7 Å². The van der Waals surface area contributed by atoms with Gasteiger partial charge in [-0.25, -0.2) is 0 Å². The van der Waals surface area contributed by atoms with Crippen LogP contribution in [0.5, 0.6) is 0 Å². The second kappa shape index (κ2) is 11.4. The molecule has 0 aliphatic carbocycles. The van der Waals surface area contributed by atoms with Gasteiger partial charge in [-0.1, -0.05) is 32.9 Å². The Labute approximate surface area is 235 Å². The van der Waals surface area contributed by atoms with Crippen molar-refractivity contribution in [3.8, 4) is 0 Å². The van der Waals surface area contributed by atoms with Crippen LogP contribution in [0.3, 0.4) is 0 Å². The summed E-state index contributed by atoms with van der Waals surface area (Å²) < 4.78 is 6.79. The van der Waals surface area contributed by atoms with Gasteiger partial charge in [-0.2, -0.15) is 0 Å². The van der Waals surface area contributed by atoms with Crippen molar-refractivity contribution in [2.24, 2.45) is 17.3 Å². The summed E-state index contributed by atoms with van der Waals surface area (Å²) in [6.45, 7) is 21.4. The van der Waals surface area contributed by atoms with Crippen LogP contribution in [-0.2, 0) is 19.1 Å². The molecule has 2 unspecified atom stereocenters. The molecule has 3 amide bonds. The first-order valence-corrected chi connectivity index (χ1v) is 14.5. The molecule has 3 saturated heterocycles. The van der Waals surface area contributed by atoms with E-state index in [4.69, 9.17) is 4.74 Å². The molecule has 8 heteroatoms. The Hall–Kier alpha value is -2.19. The minimum Gasteiger partial charge on any atom is -0.396 e. The first kappa shape index (κ1) is 31.3. The highest BCUT2D eigenvalue weighted by molar-refractivity contribution is 5.99. The van der Waals surface area contributed by atoms with Gasteiger partial charge in [-0.15, -0.1) is 13.2 Å². The van der Waals surface area contributed by atoms with E-state index >= 15 is 0 Å². The van der Waals surface area contributed by atoms with Crippen LogP contribution in [0.15, 0.2) is 25.3 Å². The monoisotopic (exact) mass is 545 g/mol. The Morgan fingerprint density at radius 3 is 2.28 bits per heavy atom. The average Bonchev–Trinajstić information content (AvgIpc) is 3.38. The topological polar surface area (TPSA) is 90.4 Å². The highest BCUT2D eigenvalue weighted by Crippen LogP contribution is 2.63. The first-order chi connectivity index (χ1) is 18.1. The normalized spacial score (nSPS) is 29.9. The number of likely N-dealkylation sites (tertiary alicyclic amines) is 1. The lowest BCUT2D eigenvalue weighted by atomic mass is 9.66. The van der Waals surface area contributed by atoms with Crippen LogP contribution < -0.4 is 0 Å². The summed E-state index contributed by atoms with van der Waals surface area (Å²) >= 11 is 0. The number of aliphatic hydroxyl groups excluding tert-OH is 1. The minimum atomic E-state index is -1.05. The van der Waals surface area contributed by atoms with E-state index < -0.39 is 34.6 Å². The van der Waals surface area contributed by atoms with Gasteiger partial charge in [0.05, 0.1) is 17.4 Å². The molecule has 3 aliphatic heterocycles. The number of fused-ring (bicyclic) bond motifs is 1. The molecule has 8 nitrogen and oxygen atoms in total. The molecule has 220 valence electrons. The van der Waals surface area contributed by atoms with E-state index in [1.54, 1.807) is 29.0 Å². The maximum atomic E-state index is 14.7. The third-order valence-electron chi connectivity index (χ3n) is 8.88. The summed E-state index contributed by atoms with van der Waals surface area (Å²) in [6.07, 6.45) is 7.39. The van der Waals surface area contributed by atoms with Gasteiger partial charge in [0, 0.05) is 38.8 Å². The first-order valence-electron chi connectivity index (χ1n) is 14.5. The zero-order valence-electron chi connectivity index (χ0n) is 25.3. The van der Waals surface area contributed by atoms with E-state index in [0.717, 1.165) is 12.8 Å². The summed E-state index contributed by atoms with van der Waals surface area (Å²) in [5, 5.41) is 9.28. The number of ether oxygens (including phenoxy) is 1. The molecule has 3 heterocycles. The van der Waals surface area contributed by atoms with Crippen molar-refractivity contribution in [1.29, 1.82) is 0 Å². The van der Waals surface area contributed by atoms with E-state index in [0.29, 0.717) is 45.3 Å².